The van der Waals surface area contributed by atoms with E-state index in [1.807, 2.05) is 0 Å². The first kappa shape index (κ1) is 15.4. The fourth-order valence-corrected chi connectivity index (χ4v) is 2.41. The summed E-state index contributed by atoms with van der Waals surface area (Å²) in [6.07, 6.45) is 3.26. The van der Waals surface area contributed by atoms with Gasteiger partial charge in [0.25, 0.3) is 0 Å². The summed E-state index contributed by atoms with van der Waals surface area (Å²) < 4.78 is 5.15. The predicted octanol–water partition coefficient (Wildman–Crippen LogP) is 1.95. The van der Waals surface area contributed by atoms with Crippen LogP contribution in [-0.2, 0) is 19.1 Å². The van der Waals surface area contributed by atoms with Gasteiger partial charge in [0.15, 0.2) is 11.9 Å². The average molecular weight is 268 g/mol. The molecule has 0 spiro atoms. The second kappa shape index (κ2) is 7.07. The summed E-state index contributed by atoms with van der Waals surface area (Å²) in [6.45, 7) is 5.09. The highest BCUT2D eigenvalue weighted by atomic mass is 16.5. The van der Waals surface area contributed by atoms with Gasteiger partial charge < -0.3 is 9.84 Å². The Balaban J connectivity index is 2.71. The number of hydrogen-bond donors (Lipinski definition) is 1. The van der Waals surface area contributed by atoms with E-state index < -0.39 is 29.9 Å². The molecule has 1 N–H and O–H groups in total. The zero-order valence-corrected chi connectivity index (χ0v) is 11.1. The van der Waals surface area contributed by atoms with Crippen molar-refractivity contribution in [2.24, 2.45) is 11.8 Å². The number of carbonyl (C=O) groups is 3. The number of carboxylic acids is 1. The zero-order valence-electron chi connectivity index (χ0n) is 11.1. The highest BCUT2D eigenvalue weighted by Crippen LogP contribution is 2.31. The quantitative estimate of drug-likeness (QED) is 0.588. The van der Waals surface area contributed by atoms with E-state index in [1.54, 1.807) is 6.92 Å². The first-order chi connectivity index (χ1) is 9.01. The smallest absolute Gasteiger partial charge is 0.310 e. The van der Waals surface area contributed by atoms with Gasteiger partial charge in [0, 0.05) is 0 Å². The first-order valence-electron chi connectivity index (χ1n) is 6.60. The van der Waals surface area contributed by atoms with Gasteiger partial charge in [-0.1, -0.05) is 26.3 Å². The Labute approximate surface area is 112 Å². The molecule has 1 aliphatic carbocycles. The molecule has 0 saturated heterocycles. The third-order valence-corrected chi connectivity index (χ3v) is 3.53. The number of aliphatic carboxylic acids is 1. The molecular formula is C14H20O5. The fraction of sp³-hybridized carbons (Fsp3) is 0.643. The van der Waals surface area contributed by atoms with Crippen LogP contribution >= 0.6 is 0 Å². The summed E-state index contributed by atoms with van der Waals surface area (Å²) in [6, 6.07) is 0. The van der Waals surface area contributed by atoms with Crippen molar-refractivity contribution in [3.63, 3.8) is 0 Å². The number of rotatable bonds is 6. The normalized spacial score (nSPS) is 24.3. The number of carboxylic acid groups (broad SMARTS) is 1. The van der Waals surface area contributed by atoms with E-state index in [2.05, 4.69) is 6.58 Å². The largest absolute Gasteiger partial charge is 0.481 e. The fourth-order valence-electron chi connectivity index (χ4n) is 2.41. The number of ether oxygens (including phenoxy) is 1. The lowest BCUT2D eigenvalue weighted by Crippen LogP contribution is -2.37. The number of hydrogen-bond acceptors (Lipinski definition) is 4. The molecule has 0 heterocycles. The minimum absolute atomic E-state index is 0.349. The molecule has 0 radical (unpaired) electrons. The Morgan fingerprint density at radius 3 is 2.37 bits per heavy atom. The van der Waals surface area contributed by atoms with Crippen molar-refractivity contribution >= 4 is 17.7 Å². The van der Waals surface area contributed by atoms with Crippen LogP contribution in [0.15, 0.2) is 12.7 Å². The van der Waals surface area contributed by atoms with E-state index in [0.29, 0.717) is 19.3 Å². The minimum atomic E-state index is -0.968. The van der Waals surface area contributed by atoms with Gasteiger partial charge in [0.1, 0.15) is 0 Å². The van der Waals surface area contributed by atoms with Crippen LogP contribution in [0.5, 0.6) is 0 Å². The highest BCUT2D eigenvalue weighted by Gasteiger charge is 2.38. The maximum atomic E-state index is 12.0. The molecule has 0 amide bonds. The molecule has 5 nitrogen and oxygen atoms in total. The SMILES string of the molecule is C=CC(=O)C(CC)OC(=O)C1CCCCC1C(=O)O. The maximum Gasteiger partial charge on any atom is 0.310 e. The summed E-state index contributed by atoms with van der Waals surface area (Å²) in [7, 11) is 0. The van der Waals surface area contributed by atoms with Crippen LogP contribution in [0.4, 0.5) is 0 Å². The third kappa shape index (κ3) is 3.91. The van der Waals surface area contributed by atoms with Gasteiger partial charge in [-0.05, 0) is 25.3 Å². The second-order valence-electron chi connectivity index (χ2n) is 4.78. The van der Waals surface area contributed by atoms with E-state index in [9.17, 15) is 14.4 Å². The highest BCUT2D eigenvalue weighted by molar-refractivity contribution is 5.94. The van der Waals surface area contributed by atoms with Crippen molar-refractivity contribution < 1.29 is 24.2 Å². The number of carbonyl (C=O) groups excluding carboxylic acids is 2. The Morgan fingerprint density at radius 2 is 1.89 bits per heavy atom. The van der Waals surface area contributed by atoms with Crippen molar-refractivity contribution in [1.29, 1.82) is 0 Å². The maximum absolute atomic E-state index is 12.0. The Kier molecular flexibility index (Phi) is 5.73. The van der Waals surface area contributed by atoms with E-state index in [1.165, 1.54) is 0 Å². The summed E-state index contributed by atoms with van der Waals surface area (Å²) >= 11 is 0. The zero-order chi connectivity index (χ0) is 14.4. The van der Waals surface area contributed by atoms with Crippen LogP contribution in [0.25, 0.3) is 0 Å². The van der Waals surface area contributed by atoms with Gasteiger partial charge in [0.05, 0.1) is 11.8 Å². The molecule has 106 valence electrons. The first-order valence-corrected chi connectivity index (χ1v) is 6.60. The Bertz CT molecular complexity index is 374. The topological polar surface area (TPSA) is 80.7 Å². The van der Waals surface area contributed by atoms with Gasteiger partial charge >= 0.3 is 11.9 Å². The lowest BCUT2D eigenvalue weighted by molar-refractivity contribution is -0.165. The van der Waals surface area contributed by atoms with E-state index >= 15 is 0 Å². The minimum Gasteiger partial charge on any atom is -0.481 e. The molecule has 0 bridgehead atoms. The molecule has 3 unspecified atom stereocenters. The van der Waals surface area contributed by atoms with E-state index in [-0.39, 0.29) is 5.78 Å². The van der Waals surface area contributed by atoms with E-state index in [4.69, 9.17) is 9.84 Å². The molecule has 1 aliphatic rings. The standard InChI is InChI=1S/C14H20O5/c1-3-11(15)12(4-2)19-14(18)10-8-6-5-7-9(10)13(16)17/h3,9-10,12H,1,4-8H2,2H3,(H,16,17). The van der Waals surface area contributed by atoms with Crippen LogP contribution < -0.4 is 0 Å². The van der Waals surface area contributed by atoms with Crippen LogP contribution in [0.1, 0.15) is 39.0 Å². The summed E-state index contributed by atoms with van der Waals surface area (Å²) in [4.78, 5) is 34.6. The second-order valence-corrected chi connectivity index (χ2v) is 4.78. The molecule has 5 heteroatoms. The Morgan fingerprint density at radius 1 is 1.32 bits per heavy atom. The average Bonchev–Trinajstić information content (AvgIpc) is 2.43. The predicted molar refractivity (Wildman–Crippen MR) is 68.5 cm³/mol. The van der Waals surface area contributed by atoms with Gasteiger partial charge in [0.2, 0.25) is 0 Å². The van der Waals surface area contributed by atoms with Gasteiger partial charge in [-0.2, -0.15) is 0 Å². The third-order valence-electron chi connectivity index (χ3n) is 3.53. The molecule has 0 aromatic heterocycles. The Hall–Kier alpha value is -1.65. The van der Waals surface area contributed by atoms with Crippen molar-refractivity contribution in [2.45, 2.75) is 45.1 Å². The van der Waals surface area contributed by atoms with Crippen LogP contribution in [-0.4, -0.2) is 28.9 Å². The molecule has 0 aromatic rings. The van der Waals surface area contributed by atoms with E-state index in [0.717, 1.165) is 18.9 Å². The monoisotopic (exact) mass is 268 g/mol. The van der Waals surface area contributed by atoms with Crippen molar-refractivity contribution in [3.05, 3.63) is 12.7 Å². The lowest BCUT2D eigenvalue weighted by Gasteiger charge is -2.27. The molecule has 0 aliphatic heterocycles. The van der Waals surface area contributed by atoms with Crippen molar-refractivity contribution in [3.8, 4) is 0 Å². The van der Waals surface area contributed by atoms with Crippen LogP contribution in [0.3, 0.4) is 0 Å². The van der Waals surface area contributed by atoms with Crippen LogP contribution in [0, 0.1) is 11.8 Å². The summed E-state index contributed by atoms with van der Waals surface area (Å²) in [5.41, 5.74) is 0. The molecule has 3 atom stereocenters. The lowest BCUT2D eigenvalue weighted by atomic mass is 9.79. The van der Waals surface area contributed by atoms with Crippen molar-refractivity contribution in [1.82, 2.24) is 0 Å². The van der Waals surface area contributed by atoms with Crippen molar-refractivity contribution in [2.75, 3.05) is 0 Å². The molecule has 0 aromatic carbocycles. The summed E-state index contributed by atoms with van der Waals surface area (Å²) in [5.74, 6) is -3.23. The van der Waals surface area contributed by atoms with Gasteiger partial charge in [-0.15, -0.1) is 0 Å². The molecule has 1 fully saturated rings. The van der Waals surface area contributed by atoms with Crippen LogP contribution in [0.2, 0.25) is 0 Å². The molecule has 1 rings (SSSR count). The van der Waals surface area contributed by atoms with Gasteiger partial charge in [-0.3, -0.25) is 14.4 Å². The molecule has 19 heavy (non-hydrogen) atoms. The van der Waals surface area contributed by atoms with Gasteiger partial charge in [-0.25, -0.2) is 0 Å². The summed E-state index contributed by atoms with van der Waals surface area (Å²) in [5, 5.41) is 9.11. The molecular weight excluding hydrogens is 248 g/mol. The number of esters is 1. The number of ketones is 1. The molecule has 1 saturated carbocycles.